The summed E-state index contributed by atoms with van der Waals surface area (Å²) in [6.07, 6.45) is 0. The van der Waals surface area contributed by atoms with Gasteiger partial charge < -0.3 is 10.1 Å². The number of nitro benzene ring substituents is 1. The van der Waals surface area contributed by atoms with Crippen molar-refractivity contribution in [3.8, 4) is 5.75 Å². The predicted octanol–water partition coefficient (Wildman–Crippen LogP) is 5.30. The molecule has 0 atom stereocenters. The number of carbonyl (C=O) groups excluding carboxylic acids is 1. The molecule has 0 bridgehead atoms. The highest BCUT2D eigenvalue weighted by molar-refractivity contribution is 9.10. The number of nitrogens with one attached hydrogen (secondary N) is 1. The van der Waals surface area contributed by atoms with E-state index in [1.54, 1.807) is 0 Å². The first-order valence-electron chi connectivity index (χ1n) is 9.80. The molecule has 1 amide bonds. The van der Waals surface area contributed by atoms with E-state index in [0.29, 0.717) is 8.78 Å². The van der Waals surface area contributed by atoms with Crippen LogP contribution in [0, 0.1) is 22.9 Å². The van der Waals surface area contributed by atoms with Gasteiger partial charge in [-0.1, -0.05) is 33.6 Å². The summed E-state index contributed by atoms with van der Waals surface area (Å²) in [5, 5.41) is 13.9. The summed E-state index contributed by atoms with van der Waals surface area (Å²) in [4.78, 5) is 23.1. The zero-order valence-corrected chi connectivity index (χ0v) is 21.4. The summed E-state index contributed by atoms with van der Waals surface area (Å²) >= 11 is 9.20. The molecular formula is C22H18BrClFN3O6S. The van der Waals surface area contributed by atoms with Crippen molar-refractivity contribution < 1.29 is 27.3 Å². The SMILES string of the molecule is COc1ccc(Cl)cc1N(CC(=O)Nc1ccc(Br)cc1F)S(=O)(=O)c1ccc(C)c([N+](=O)[O-])c1. The van der Waals surface area contributed by atoms with E-state index in [1.165, 1.54) is 56.5 Å². The molecule has 3 aromatic rings. The molecule has 0 fully saturated rings. The van der Waals surface area contributed by atoms with Crippen molar-refractivity contribution in [1.82, 2.24) is 0 Å². The van der Waals surface area contributed by atoms with Gasteiger partial charge in [0, 0.05) is 21.1 Å². The summed E-state index contributed by atoms with van der Waals surface area (Å²) < 4.78 is 47.9. The second-order valence-electron chi connectivity index (χ2n) is 7.21. The Morgan fingerprint density at radius 2 is 1.91 bits per heavy atom. The van der Waals surface area contributed by atoms with Crippen LogP contribution >= 0.6 is 27.5 Å². The first-order valence-corrected chi connectivity index (χ1v) is 12.4. The van der Waals surface area contributed by atoms with Crippen molar-refractivity contribution in [2.75, 3.05) is 23.3 Å². The molecule has 184 valence electrons. The van der Waals surface area contributed by atoms with Crippen molar-refractivity contribution >= 4 is 60.5 Å². The maximum Gasteiger partial charge on any atom is 0.273 e. The molecular weight excluding hydrogens is 569 g/mol. The normalized spacial score (nSPS) is 11.1. The van der Waals surface area contributed by atoms with Crippen molar-refractivity contribution in [1.29, 1.82) is 0 Å². The molecule has 1 N–H and O–H groups in total. The molecule has 0 heterocycles. The van der Waals surface area contributed by atoms with Crippen LogP contribution in [0.3, 0.4) is 0 Å². The lowest BCUT2D eigenvalue weighted by molar-refractivity contribution is -0.385. The Labute approximate surface area is 213 Å². The highest BCUT2D eigenvalue weighted by atomic mass is 79.9. The number of nitrogens with zero attached hydrogens (tertiary/aromatic N) is 2. The molecule has 0 saturated carbocycles. The van der Waals surface area contributed by atoms with Crippen molar-refractivity contribution in [3.05, 3.63) is 85.6 Å². The number of carbonyl (C=O) groups is 1. The van der Waals surface area contributed by atoms with Gasteiger partial charge in [-0.05, 0) is 49.4 Å². The van der Waals surface area contributed by atoms with Gasteiger partial charge in [-0.2, -0.15) is 0 Å². The molecule has 0 saturated heterocycles. The van der Waals surface area contributed by atoms with E-state index in [2.05, 4.69) is 21.2 Å². The van der Waals surface area contributed by atoms with Crippen LogP contribution < -0.4 is 14.4 Å². The minimum absolute atomic E-state index is 0.0715. The number of hydrogen-bond acceptors (Lipinski definition) is 6. The fourth-order valence-electron chi connectivity index (χ4n) is 3.14. The third kappa shape index (κ3) is 5.89. The van der Waals surface area contributed by atoms with Crippen LogP contribution in [-0.4, -0.2) is 32.9 Å². The maximum absolute atomic E-state index is 14.2. The van der Waals surface area contributed by atoms with Gasteiger partial charge in [-0.25, -0.2) is 12.8 Å². The topological polar surface area (TPSA) is 119 Å². The zero-order valence-electron chi connectivity index (χ0n) is 18.3. The quantitative estimate of drug-likeness (QED) is 0.283. The van der Waals surface area contributed by atoms with Crippen LogP contribution in [0.15, 0.2) is 64.0 Å². The number of rotatable bonds is 8. The standard InChI is InChI=1S/C22H18BrClFN3O6S/c1-13-3-6-16(11-19(13)28(30)31)35(32,33)27(20-10-15(24)5-8-21(20)34-2)12-22(29)26-18-7-4-14(23)9-17(18)25/h3-11H,12H2,1-2H3,(H,26,29). The summed E-state index contributed by atoms with van der Waals surface area (Å²) in [7, 11) is -3.26. The van der Waals surface area contributed by atoms with E-state index in [0.717, 1.165) is 12.1 Å². The number of anilines is 2. The second-order valence-corrected chi connectivity index (χ2v) is 10.4. The lowest BCUT2D eigenvalue weighted by Gasteiger charge is -2.26. The Morgan fingerprint density at radius 1 is 1.20 bits per heavy atom. The molecule has 3 aromatic carbocycles. The largest absolute Gasteiger partial charge is 0.495 e. The summed E-state index contributed by atoms with van der Waals surface area (Å²) in [6, 6.07) is 11.5. The minimum atomic E-state index is -4.55. The van der Waals surface area contributed by atoms with Gasteiger partial charge in [0.15, 0.2) is 0 Å². The minimum Gasteiger partial charge on any atom is -0.495 e. The number of ether oxygens (including phenoxy) is 1. The van der Waals surface area contributed by atoms with Gasteiger partial charge in [0.1, 0.15) is 18.1 Å². The fraction of sp³-hybridized carbons (Fsp3) is 0.136. The Balaban J connectivity index is 2.10. The zero-order chi connectivity index (χ0) is 25.9. The number of benzene rings is 3. The highest BCUT2D eigenvalue weighted by Gasteiger charge is 2.31. The van der Waals surface area contributed by atoms with Crippen LogP contribution in [0.5, 0.6) is 5.75 Å². The molecule has 0 aromatic heterocycles. The number of hydrogen-bond donors (Lipinski definition) is 1. The maximum atomic E-state index is 14.2. The average Bonchev–Trinajstić information content (AvgIpc) is 2.79. The van der Waals surface area contributed by atoms with Crippen molar-refractivity contribution in [2.24, 2.45) is 0 Å². The Hall–Kier alpha value is -3.22. The number of amides is 1. The van der Waals surface area contributed by atoms with E-state index >= 15 is 0 Å². The van der Waals surface area contributed by atoms with Gasteiger partial charge in [-0.3, -0.25) is 19.2 Å². The monoisotopic (exact) mass is 585 g/mol. The van der Waals surface area contributed by atoms with Gasteiger partial charge >= 0.3 is 0 Å². The van der Waals surface area contributed by atoms with E-state index in [9.17, 15) is 27.7 Å². The molecule has 0 unspecified atom stereocenters. The lowest BCUT2D eigenvalue weighted by Crippen LogP contribution is -2.38. The van der Waals surface area contributed by atoms with E-state index in [4.69, 9.17) is 16.3 Å². The number of methoxy groups -OCH3 is 1. The molecule has 35 heavy (non-hydrogen) atoms. The van der Waals surface area contributed by atoms with Crippen LogP contribution in [0.25, 0.3) is 0 Å². The first kappa shape index (κ1) is 26.4. The molecule has 0 aliphatic carbocycles. The molecule has 9 nitrogen and oxygen atoms in total. The average molecular weight is 587 g/mol. The van der Waals surface area contributed by atoms with Crippen molar-refractivity contribution in [2.45, 2.75) is 11.8 Å². The molecule has 0 aliphatic rings. The van der Waals surface area contributed by atoms with Gasteiger partial charge in [0.2, 0.25) is 5.91 Å². The number of sulfonamides is 1. The number of halogens is 3. The predicted molar refractivity (Wildman–Crippen MR) is 133 cm³/mol. The number of nitro groups is 1. The van der Waals surface area contributed by atoms with E-state index in [1.807, 2.05) is 0 Å². The van der Waals surface area contributed by atoms with Gasteiger partial charge in [-0.15, -0.1) is 0 Å². The third-order valence-corrected chi connectivity index (χ3v) is 7.35. The van der Waals surface area contributed by atoms with Crippen LogP contribution in [-0.2, 0) is 14.8 Å². The Morgan fingerprint density at radius 3 is 2.54 bits per heavy atom. The highest BCUT2D eigenvalue weighted by Crippen LogP contribution is 2.36. The van der Waals surface area contributed by atoms with Crippen LogP contribution in [0.2, 0.25) is 5.02 Å². The van der Waals surface area contributed by atoms with Gasteiger partial charge in [0.25, 0.3) is 15.7 Å². The van der Waals surface area contributed by atoms with Crippen LogP contribution in [0.1, 0.15) is 5.56 Å². The Bertz CT molecular complexity index is 1420. The van der Waals surface area contributed by atoms with Gasteiger partial charge in [0.05, 0.1) is 28.3 Å². The summed E-state index contributed by atoms with van der Waals surface area (Å²) in [5.74, 6) is -1.54. The lowest BCUT2D eigenvalue weighted by atomic mass is 10.2. The number of aryl methyl sites for hydroxylation is 1. The van der Waals surface area contributed by atoms with E-state index < -0.39 is 43.8 Å². The molecule has 3 rings (SSSR count). The van der Waals surface area contributed by atoms with Crippen LogP contribution in [0.4, 0.5) is 21.5 Å². The first-order chi connectivity index (χ1) is 16.4. The summed E-state index contributed by atoms with van der Waals surface area (Å²) in [6.45, 7) is 0.655. The smallest absolute Gasteiger partial charge is 0.273 e. The second kappa shape index (κ2) is 10.6. The third-order valence-electron chi connectivity index (χ3n) is 4.87. The Kier molecular flexibility index (Phi) is 7.98. The summed E-state index contributed by atoms with van der Waals surface area (Å²) in [5.41, 5.74) is -0.413. The van der Waals surface area contributed by atoms with Crippen molar-refractivity contribution in [3.63, 3.8) is 0 Å². The van der Waals surface area contributed by atoms with E-state index in [-0.39, 0.29) is 27.7 Å². The molecule has 13 heteroatoms. The molecule has 0 spiro atoms. The molecule has 0 aliphatic heterocycles. The molecule has 0 radical (unpaired) electrons. The fourth-order valence-corrected chi connectivity index (χ4v) is 5.09.